The van der Waals surface area contributed by atoms with Crippen molar-refractivity contribution in [1.82, 2.24) is 0 Å². The molecule has 3 N–H and O–H groups in total. The summed E-state index contributed by atoms with van der Waals surface area (Å²) in [4.78, 5) is 0. The third kappa shape index (κ3) is 1.46. The maximum Gasteiger partial charge on any atom is 0.152 e. The molecule has 82 valence electrons. The van der Waals surface area contributed by atoms with Gasteiger partial charge in [0, 0.05) is 0 Å². The van der Waals surface area contributed by atoms with E-state index < -0.39 is 21.0 Å². The number of ether oxygens (including phenoxy) is 1. The van der Waals surface area contributed by atoms with Crippen LogP contribution in [0.2, 0.25) is 0 Å². The Labute approximate surface area is 83.2 Å². The summed E-state index contributed by atoms with van der Waals surface area (Å²) in [5.74, 6) is 0.0583. The molecule has 1 unspecified atom stereocenters. The molecule has 0 aliphatic carbocycles. The highest BCUT2D eigenvalue weighted by atomic mass is 32.2. The Hall–Kier alpha value is -0.170. The Bertz CT molecular complexity index is 335. The predicted octanol–water partition coefficient (Wildman–Crippen LogP) is -1.35. The Balaban J connectivity index is 2.23. The minimum atomic E-state index is -3.09. The van der Waals surface area contributed by atoms with Gasteiger partial charge in [-0.1, -0.05) is 0 Å². The molecule has 0 saturated carbocycles. The molecule has 2 saturated heterocycles. The highest BCUT2D eigenvalue weighted by Gasteiger charge is 2.55. The predicted molar refractivity (Wildman–Crippen MR) is 50.6 cm³/mol. The molecular weight excluding hydrogens is 206 g/mol. The van der Waals surface area contributed by atoms with Crippen molar-refractivity contribution in [3.63, 3.8) is 0 Å². The second kappa shape index (κ2) is 2.91. The summed E-state index contributed by atoms with van der Waals surface area (Å²) < 4.78 is 27.7. The first-order valence-corrected chi connectivity index (χ1v) is 6.49. The number of rotatable bonds is 1. The molecule has 1 atom stereocenters. The lowest BCUT2D eigenvalue weighted by atomic mass is 9.77. The first-order chi connectivity index (χ1) is 6.37. The molecule has 0 radical (unpaired) electrons. The summed E-state index contributed by atoms with van der Waals surface area (Å²) in [5, 5.41) is 10.0. The van der Waals surface area contributed by atoms with E-state index in [-0.39, 0.29) is 24.7 Å². The maximum atomic E-state index is 11.4. The van der Waals surface area contributed by atoms with E-state index in [2.05, 4.69) is 0 Å². The molecule has 0 aromatic heterocycles. The van der Waals surface area contributed by atoms with Gasteiger partial charge in [-0.25, -0.2) is 8.42 Å². The van der Waals surface area contributed by atoms with E-state index in [9.17, 15) is 13.5 Å². The molecule has 0 aromatic rings. The third-order valence-corrected chi connectivity index (χ3v) is 5.03. The first-order valence-electron chi connectivity index (χ1n) is 4.66. The van der Waals surface area contributed by atoms with Crippen LogP contribution in [0.15, 0.2) is 0 Å². The molecule has 2 aliphatic heterocycles. The molecule has 0 aromatic carbocycles. The van der Waals surface area contributed by atoms with Crippen LogP contribution in [0, 0.1) is 0 Å². The summed E-state index contributed by atoms with van der Waals surface area (Å²) in [6.07, 6.45) is 1.08. The highest BCUT2D eigenvalue weighted by Crippen LogP contribution is 2.35. The molecule has 6 heteroatoms. The van der Waals surface area contributed by atoms with Gasteiger partial charge in [-0.2, -0.15) is 0 Å². The van der Waals surface area contributed by atoms with Gasteiger partial charge in [0.15, 0.2) is 9.84 Å². The van der Waals surface area contributed by atoms with E-state index in [1.165, 1.54) is 0 Å². The zero-order valence-electron chi connectivity index (χ0n) is 7.90. The van der Waals surface area contributed by atoms with Gasteiger partial charge in [0.25, 0.3) is 0 Å². The SMILES string of the molecule is NC1(C2(O)COC2)CCCS(=O)(=O)C1. The van der Waals surface area contributed by atoms with Crippen molar-refractivity contribution < 1.29 is 18.3 Å². The smallest absolute Gasteiger partial charge is 0.152 e. The molecule has 0 spiro atoms. The summed E-state index contributed by atoms with van der Waals surface area (Å²) in [6.45, 7) is 0.304. The van der Waals surface area contributed by atoms with Gasteiger partial charge in [0.2, 0.25) is 0 Å². The van der Waals surface area contributed by atoms with Crippen LogP contribution < -0.4 is 5.73 Å². The number of hydrogen-bond donors (Lipinski definition) is 2. The molecule has 2 heterocycles. The Morgan fingerprint density at radius 1 is 1.36 bits per heavy atom. The quantitative estimate of drug-likeness (QED) is 0.571. The van der Waals surface area contributed by atoms with E-state index in [4.69, 9.17) is 10.5 Å². The van der Waals surface area contributed by atoms with Gasteiger partial charge in [-0.05, 0) is 12.8 Å². The van der Waals surface area contributed by atoms with Crippen molar-refractivity contribution in [3.05, 3.63) is 0 Å². The molecule has 5 nitrogen and oxygen atoms in total. The molecule has 2 rings (SSSR count). The fourth-order valence-electron chi connectivity index (χ4n) is 2.09. The van der Waals surface area contributed by atoms with E-state index in [0.717, 1.165) is 0 Å². The molecule has 2 fully saturated rings. The van der Waals surface area contributed by atoms with Crippen LogP contribution in [0.5, 0.6) is 0 Å². The Morgan fingerprint density at radius 2 is 2.00 bits per heavy atom. The van der Waals surface area contributed by atoms with E-state index in [1.807, 2.05) is 0 Å². The van der Waals surface area contributed by atoms with Crippen molar-refractivity contribution in [1.29, 1.82) is 0 Å². The van der Waals surface area contributed by atoms with Crippen LogP contribution in [-0.2, 0) is 14.6 Å². The van der Waals surface area contributed by atoms with Gasteiger partial charge in [-0.15, -0.1) is 0 Å². The Morgan fingerprint density at radius 3 is 2.43 bits per heavy atom. The fourth-order valence-corrected chi connectivity index (χ4v) is 4.02. The van der Waals surface area contributed by atoms with Crippen LogP contribution in [0.1, 0.15) is 12.8 Å². The average molecular weight is 221 g/mol. The van der Waals surface area contributed by atoms with Crippen LogP contribution >= 0.6 is 0 Å². The van der Waals surface area contributed by atoms with Gasteiger partial charge in [-0.3, -0.25) is 0 Å². The minimum Gasteiger partial charge on any atom is -0.383 e. The van der Waals surface area contributed by atoms with Crippen molar-refractivity contribution in [2.45, 2.75) is 24.0 Å². The fraction of sp³-hybridized carbons (Fsp3) is 1.00. The monoisotopic (exact) mass is 221 g/mol. The van der Waals surface area contributed by atoms with Crippen molar-refractivity contribution in [2.24, 2.45) is 5.73 Å². The van der Waals surface area contributed by atoms with Crippen molar-refractivity contribution in [2.75, 3.05) is 24.7 Å². The highest BCUT2D eigenvalue weighted by molar-refractivity contribution is 7.91. The lowest BCUT2D eigenvalue weighted by molar-refractivity contribution is -0.212. The average Bonchev–Trinajstić information content (AvgIpc) is 1.97. The molecule has 0 amide bonds. The van der Waals surface area contributed by atoms with Crippen LogP contribution in [0.3, 0.4) is 0 Å². The molecule has 2 aliphatic rings. The summed E-state index contributed by atoms with van der Waals surface area (Å²) in [7, 11) is -3.09. The first kappa shape index (κ1) is 10.4. The maximum absolute atomic E-state index is 11.4. The van der Waals surface area contributed by atoms with E-state index >= 15 is 0 Å². The lowest BCUT2D eigenvalue weighted by Crippen LogP contribution is -2.73. The Kier molecular flexibility index (Phi) is 2.15. The van der Waals surface area contributed by atoms with Gasteiger partial charge in [0.1, 0.15) is 5.60 Å². The molecular formula is C8H15NO4S. The number of hydrogen-bond acceptors (Lipinski definition) is 5. The van der Waals surface area contributed by atoms with Crippen LogP contribution in [0.4, 0.5) is 0 Å². The second-order valence-corrected chi connectivity index (χ2v) is 6.56. The number of sulfone groups is 1. The lowest BCUT2D eigenvalue weighted by Gasteiger charge is -2.51. The van der Waals surface area contributed by atoms with Crippen molar-refractivity contribution in [3.8, 4) is 0 Å². The van der Waals surface area contributed by atoms with Gasteiger partial charge < -0.3 is 15.6 Å². The normalized spacial score (nSPS) is 40.1. The molecule has 14 heavy (non-hydrogen) atoms. The minimum absolute atomic E-state index is 0.125. The second-order valence-electron chi connectivity index (χ2n) is 4.38. The van der Waals surface area contributed by atoms with E-state index in [1.54, 1.807) is 0 Å². The molecule has 0 bridgehead atoms. The van der Waals surface area contributed by atoms with Crippen LogP contribution in [-0.4, -0.2) is 49.4 Å². The summed E-state index contributed by atoms with van der Waals surface area (Å²) in [5.41, 5.74) is 3.82. The standard InChI is InChI=1S/C8H15NO4S/c9-7(8(10)4-13-5-8)2-1-3-14(11,12)6-7/h10H,1-6,9H2. The zero-order chi connectivity index (χ0) is 10.4. The summed E-state index contributed by atoms with van der Waals surface area (Å²) >= 11 is 0. The zero-order valence-corrected chi connectivity index (χ0v) is 8.72. The topological polar surface area (TPSA) is 89.6 Å². The summed E-state index contributed by atoms with van der Waals surface area (Å²) in [6, 6.07) is 0. The van der Waals surface area contributed by atoms with E-state index in [0.29, 0.717) is 12.8 Å². The van der Waals surface area contributed by atoms with Crippen molar-refractivity contribution >= 4 is 9.84 Å². The van der Waals surface area contributed by atoms with Gasteiger partial charge in [0.05, 0.1) is 30.3 Å². The number of nitrogens with two attached hydrogens (primary N) is 1. The van der Waals surface area contributed by atoms with Gasteiger partial charge >= 0.3 is 0 Å². The number of aliphatic hydroxyl groups is 1. The van der Waals surface area contributed by atoms with Crippen LogP contribution in [0.25, 0.3) is 0 Å². The largest absolute Gasteiger partial charge is 0.383 e. The third-order valence-electron chi connectivity index (χ3n) is 3.16.